The van der Waals surface area contributed by atoms with E-state index in [1.54, 1.807) is 12.1 Å². The van der Waals surface area contributed by atoms with Crippen molar-refractivity contribution >= 4 is 11.9 Å². The highest BCUT2D eigenvalue weighted by molar-refractivity contribution is 5.89. The highest BCUT2D eigenvalue weighted by Gasteiger charge is 2.15. The molecule has 1 aromatic heterocycles. The van der Waals surface area contributed by atoms with Gasteiger partial charge in [0.25, 0.3) is 0 Å². The molecule has 1 N–H and O–H groups in total. The summed E-state index contributed by atoms with van der Waals surface area (Å²) in [6.07, 6.45) is 2.07. The molecule has 0 aliphatic rings. The maximum Gasteiger partial charge on any atom is 0.337 e. The number of methoxy groups -OCH3 is 1. The second-order valence-electron chi connectivity index (χ2n) is 7.08. The number of esters is 1. The number of carbonyl (C=O) groups excluding carboxylic acids is 1. The number of rotatable bonds is 7. The van der Waals surface area contributed by atoms with Gasteiger partial charge in [0, 0.05) is 38.9 Å². The molecule has 2 aromatic rings. The Balaban J connectivity index is 2.12. The summed E-state index contributed by atoms with van der Waals surface area (Å²) in [5.41, 5.74) is 3.88. The van der Waals surface area contributed by atoms with E-state index in [1.807, 2.05) is 30.9 Å². The number of ether oxygens (including phenoxy) is 1. The molecular weight excluding hydrogens is 354 g/mol. The third-order valence-electron chi connectivity index (χ3n) is 4.37. The SMILES string of the molecule is CCNC(=NCc1ccc(C(=O)OC)cc1)N(C)Cc1cn(C)nc1C(C)C. The Bertz CT molecular complexity index is 809. The van der Waals surface area contributed by atoms with Crippen LogP contribution in [0.25, 0.3) is 0 Å². The standard InChI is InChI=1S/C21H31N5O2/c1-7-22-21(23-12-16-8-10-17(11-9-16)20(27)28-6)25(4)13-18-14-26(5)24-19(18)15(2)3/h8-11,14-15H,7,12-13H2,1-6H3,(H,22,23). The van der Waals surface area contributed by atoms with Crippen LogP contribution in [-0.2, 0) is 24.9 Å². The van der Waals surface area contributed by atoms with Crippen LogP contribution in [-0.4, -0.2) is 47.3 Å². The molecule has 1 heterocycles. The van der Waals surface area contributed by atoms with Gasteiger partial charge in [0.1, 0.15) is 0 Å². The van der Waals surface area contributed by atoms with Crippen LogP contribution < -0.4 is 5.32 Å². The van der Waals surface area contributed by atoms with Crippen LogP contribution >= 0.6 is 0 Å². The summed E-state index contributed by atoms with van der Waals surface area (Å²) >= 11 is 0. The number of benzene rings is 1. The lowest BCUT2D eigenvalue weighted by Crippen LogP contribution is -2.38. The maximum atomic E-state index is 11.5. The minimum Gasteiger partial charge on any atom is -0.465 e. The van der Waals surface area contributed by atoms with Gasteiger partial charge in [-0.1, -0.05) is 26.0 Å². The number of aliphatic imine (C=N–C) groups is 1. The highest BCUT2D eigenvalue weighted by atomic mass is 16.5. The molecule has 0 aliphatic heterocycles. The first-order chi connectivity index (χ1) is 13.3. The van der Waals surface area contributed by atoms with Crippen LogP contribution in [0.1, 0.15) is 53.9 Å². The number of carbonyl (C=O) groups is 1. The third-order valence-corrected chi connectivity index (χ3v) is 4.37. The van der Waals surface area contributed by atoms with E-state index in [-0.39, 0.29) is 5.97 Å². The van der Waals surface area contributed by atoms with Crippen LogP contribution in [0.15, 0.2) is 35.5 Å². The molecule has 0 saturated carbocycles. The second kappa shape index (κ2) is 9.92. The number of aryl methyl sites for hydroxylation is 1. The fraction of sp³-hybridized carbons (Fsp3) is 0.476. The van der Waals surface area contributed by atoms with Crippen molar-refractivity contribution < 1.29 is 9.53 Å². The molecule has 0 amide bonds. The summed E-state index contributed by atoms with van der Waals surface area (Å²) < 4.78 is 6.60. The van der Waals surface area contributed by atoms with E-state index in [0.29, 0.717) is 18.0 Å². The van der Waals surface area contributed by atoms with Gasteiger partial charge in [-0.05, 0) is 30.5 Å². The van der Waals surface area contributed by atoms with Crippen LogP contribution in [0.5, 0.6) is 0 Å². The molecule has 0 atom stereocenters. The van der Waals surface area contributed by atoms with E-state index < -0.39 is 0 Å². The minimum atomic E-state index is -0.333. The maximum absolute atomic E-state index is 11.5. The van der Waals surface area contributed by atoms with E-state index in [9.17, 15) is 4.79 Å². The lowest BCUT2D eigenvalue weighted by atomic mass is 10.1. The average Bonchev–Trinajstić information content (AvgIpc) is 3.05. The first kappa shape index (κ1) is 21.5. The smallest absolute Gasteiger partial charge is 0.337 e. The van der Waals surface area contributed by atoms with Crippen molar-refractivity contribution in [3.63, 3.8) is 0 Å². The zero-order valence-corrected chi connectivity index (χ0v) is 17.7. The van der Waals surface area contributed by atoms with Gasteiger partial charge >= 0.3 is 5.97 Å². The minimum absolute atomic E-state index is 0.333. The molecule has 2 rings (SSSR count). The molecule has 0 bridgehead atoms. The normalized spacial score (nSPS) is 11.6. The first-order valence-electron chi connectivity index (χ1n) is 9.54. The van der Waals surface area contributed by atoms with Crippen molar-refractivity contribution in [1.82, 2.24) is 20.0 Å². The summed E-state index contributed by atoms with van der Waals surface area (Å²) in [4.78, 5) is 18.4. The van der Waals surface area contributed by atoms with Gasteiger partial charge in [-0.25, -0.2) is 9.79 Å². The molecule has 0 aliphatic carbocycles. The van der Waals surface area contributed by atoms with Crippen molar-refractivity contribution in [3.8, 4) is 0 Å². The van der Waals surface area contributed by atoms with Crippen molar-refractivity contribution in [2.75, 3.05) is 20.7 Å². The molecule has 7 heteroatoms. The lowest BCUT2D eigenvalue weighted by molar-refractivity contribution is 0.0600. The van der Waals surface area contributed by atoms with E-state index in [4.69, 9.17) is 9.73 Å². The van der Waals surface area contributed by atoms with Gasteiger partial charge in [0.15, 0.2) is 5.96 Å². The zero-order valence-electron chi connectivity index (χ0n) is 17.7. The number of hydrogen-bond acceptors (Lipinski definition) is 4. The summed E-state index contributed by atoms with van der Waals surface area (Å²) in [5.74, 6) is 0.871. The van der Waals surface area contributed by atoms with E-state index >= 15 is 0 Å². The Hall–Kier alpha value is -2.83. The second-order valence-corrected chi connectivity index (χ2v) is 7.08. The first-order valence-corrected chi connectivity index (χ1v) is 9.54. The molecule has 0 spiro atoms. The molecule has 0 saturated heterocycles. The molecule has 152 valence electrons. The molecule has 0 radical (unpaired) electrons. The van der Waals surface area contributed by atoms with Crippen molar-refractivity contribution in [3.05, 3.63) is 52.8 Å². The van der Waals surface area contributed by atoms with Gasteiger partial charge in [0.05, 0.1) is 24.9 Å². The summed E-state index contributed by atoms with van der Waals surface area (Å²) in [6, 6.07) is 7.32. The van der Waals surface area contributed by atoms with Gasteiger partial charge < -0.3 is 15.0 Å². The Morgan fingerprint density at radius 3 is 2.57 bits per heavy atom. The van der Waals surface area contributed by atoms with E-state index in [2.05, 4.69) is 42.3 Å². The predicted molar refractivity (Wildman–Crippen MR) is 111 cm³/mol. The molecule has 28 heavy (non-hydrogen) atoms. The van der Waals surface area contributed by atoms with Gasteiger partial charge in [-0.3, -0.25) is 4.68 Å². The fourth-order valence-electron chi connectivity index (χ4n) is 2.99. The zero-order chi connectivity index (χ0) is 20.7. The Morgan fingerprint density at radius 2 is 2.00 bits per heavy atom. The summed E-state index contributed by atoms with van der Waals surface area (Å²) in [7, 11) is 5.36. The molecule has 0 fully saturated rings. The van der Waals surface area contributed by atoms with Gasteiger partial charge in [-0.2, -0.15) is 5.10 Å². The van der Waals surface area contributed by atoms with Crippen LogP contribution in [0.4, 0.5) is 0 Å². The van der Waals surface area contributed by atoms with Crippen LogP contribution in [0.2, 0.25) is 0 Å². The molecule has 7 nitrogen and oxygen atoms in total. The lowest BCUT2D eigenvalue weighted by Gasteiger charge is -2.22. The topological polar surface area (TPSA) is 71.8 Å². The largest absolute Gasteiger partial charge is 0.465 e. The van der Waals surface area contributed by atoms with Crippen molar-refractivity contribution in [1.29, 1.82) is 0 Å². The highest BCUT2D eigenvalue weighted by Crippen LogP contribution is 2.18. The number of guanidine groups is 1. The Kier molecular flexibility index (Phi) is 7.61. The predicted octanol–water partition coefficient (Wildman–Crippen LogP) is 2.93. The van der Waals surface area contributed by atoms with Gasteiger partial charge in [0.2, 0.25) is 0 Å². The van der Waals surface area contributed by atoms with Gasteiger partial charge in [-0.15, -0.1) is 0 Å². The van der Waals surface area contributed by atoms with E-state index in [1.165, 1.54) is 12.7 Å². The number of hydrogen-bond donors (Lipinski definition) is 1. The van der Waals surface area contributed by atoms with Crippen LogP contribution in [0.3, 0.4) is 0 Å². The van der Waals surface area contributed by atoms with Crippen LogP contribution in [0, 0.1) is 0 Å². The number of aromatic nitrogens is 2. The summed E-state index contributed by atoms with van der Waals surface area (Å²) in [6.45, 7) is 8.41. The van der Waals surface area contributed by atoms with Crippen molar-refractivity contribution in [2.24, 2.45) is 12.0 Å². The summed E-state index contributed by atoms with van der Waals surface area (Å²) in [5, 5.41) is 7.93. The average molecular weight is 386 g/mol. The van der Waals surface area contributed by atoms with E-state index in [0.717, 1.165) is 30.3 Å². The molecular formula is C21H31N5O2. The molecule has 0 unspecified atom stereocenters. The Labute approximate surface area is 167 Å². The molecule has 1 aromatic carbocycles. The number of nitrogens with zero attached hydrogens (tertiary/aromatic N) is 4. The number of nitrogens with one attached hydrogen (secondary N) is 1. The monoisotopic (exact) mass is 385 g/mol. The van der Waals surface area contributed by atoms with Crippen molar-refractivity contribution in [2.45, 2.75) is 39.8 Å². The quantitative estimate of drug-likeness (QED) is 0.451. The Morgan fingerprint density at radius 1 is 1.32 bits per heavy atom. The fourth-order valence-corrected chi connectivity index (χ4v) is 2.99. The third kappa shape index (κ3) is 5.58.